The van der Waals surface area contributed by atoms with Crippen molar-refractivity contribution in [1.29, 1.82) is 0 Å². The van der Waals surface area contributed by atoms with Crippen LogP contribution in [0.15, 0.2) is 127 Å². The molecule has 0 aliphatic heterocycles. The topological polar surface area (TPSA) is 56.0 Å². The molecule has 4 aromatic heterocycles. The van der Waals surface area contributed by atoms with Crippen LogP contribution in [0.3, 0.4) is 0 Å². The zero-order chi connectivity index (χ0) is 25.8. The summed E-state index contributed by atoms with van der Waals surface area (Å²) >= 11 is 0. The van der Waals surface area contributed by atoms with Crippen molar-refractivity contribution < 1.29 is 0 Å². The molecule has 0 amide bonds. The number of rotatable bonds is 4. The SMILES string of the molecule is c1ccc(-c2nc(-c3ccccc3)nc(-c3ccc(-c4nc5cccc6c7ccccc7c4n56)cc3)n2)cc1. The summed E-state index contributed by atoms with van der Waals surface area (Å²) < 4.78 is 2.26. The van der Waals surface area contributed by atoms with E-state index in [-0.39, 0.29) is 0 Å². The molecular weight excluding hydrogens is 478 g/mol. The lowest BCUT2D eigenvalue weighted by Crippen LogP contribution is -2.00. The van der Waals surface area contributed by atoms with Crippen LogP contribution in [0.2, 0.25) is 0 Å². The molecule has 0 saturated carbocycles. The van der Waals surface area contributed by atoms with E-state index in [1.807, 2.05) is 60.7 Å². The van der Waals surface area contributed by atoms with Crippen molar-refractivity contribution in [3.8, 4) is 45.4 Å². The summed E-state index contributed by atoms with van der Waals surface area (Å²) in [6.07, 6.45) is 0. The molecule has 0 bridgehead atoms. The van der Waals surface area contributed by atoms with Crippen LogP contribution in [0.4, 0.5) is 0 Å². The van der Waals surface area contributed by atoms with Gasteiger partial charge in [0.2, 0.25) is 0 Å². The van der Waals surface area contributed by atoms with E-state index in [9.17, 15) is 0 Å². The molecule has 0 aliphatic carbocycles. The van der Waals surface area contributed by atoms with Crippen molar-refractivity contribution >= 4 is 27.5 Å². The third kappa shape index (κ3) is 3.48. The minimum absolute atomic E-state index is 0.640. The summed E-state index contributed by atoms with van der Waals surface area (Å²) in [6, 6.07) is 43.3. The van der Waals surface area contributed by atoms with Gasteiger partial charge in [-0.25, -0.2) is 19.9 Å². The van der Waals surface area contributed by atoms with Gasteiger partial charge in [0.15, 0.2) is 17.5 Å². The van der Waals surface area contributed by atoms with E-state index in [0.29, 0.717) is 17.5 Å². The molecule has 0 saturated heterocycles. The van der Waals surface area contributed by atoms with Gasteiger partial charge in [0.25, 0.3) is 0 Å². The number of nitrogens with zero attached hydrogens (tertiary/aromatic N) is 5. The summed E-state index contributed by atoms with van der Waals surface area (Å²) in [5.41, 5.74) is 8.15. The first-order valence-corrected chi connectivity index (χ1v) is 12.9. The highest BCUT2D eigenvalue weighted by Gasteiger charge is 2.19. The molecule has 5 nitrogen and oxygen atoms in total. The highest BCUT2D eigenvalue weighted by atomic mass is 15.0. The van der Waals surface area contributed by atoms with Gasteiger partial charge in [-0.05, 0) is 12.1 Å². The number of benzene rings is 4. The lowest BCUT2D eigenvalue weighted by atomic mass is 10.1. The molecule has 5 heteroatoms. The van der Waals surface area contributed by atoms with Gasteiger partial charge in [-0.3, -0.25) is 4.40 Å². The van der Waals surface area contributed by atoms with Gasteiger partial charge in [-0.2, -0.15) is 0 Å². The number of pyridine rings is 1. The maximum absolute atomic E-state index is 5.03. The van der Waals surface area contributed by atoms with Crippen LogP contribution in [-0.4, -0.2) is 24.3 Å². The van der Waals surface area contributed by atoms with Crippen LogP contribution in [0, 0.1) is 0 Å². The maximum Gasteiger partial charge on any atom is 0.164 e. The Bertz CT molecular complexity index is 2040. The fourth-order valence-electron chi connectivity index (χ4n) is 5.38. The molecular formula is C34H21N5. The van der Waals surface area contributed by atoms with Crippen LogP contribution >= 0.6 is 0 Å². The highest BCUT2D eigenvalue weighted by molar-refractivity contribution is 6.13. The highest BCUT2D eigenvalue weighted by Crippen LogP contribution is 2.37. The van der Waals surface area contributed by atoms with Crippen LogP contribution < -0.4 is 0 Å². The third-order valence-corrected chi connectivity index (χ3v) is 7.22. The van der Waals surface area contributed by atoms with Gasteiger partial charge in [0.05, 0.1) is 16.7 Å². The monoisotopic (exact) mass is 499 g/mol. The van der Waals surface area contributed by atoms with Crippen LogP contribution in [0.25, 0.3) is 72.9 Å². The van der Waals surface area contributed by atoms with Crippen LogP contribution in [-0.2, 0) is 0 Å². The molecule has 4 aromatic carbocycles. The zero-order valence-corrected chi connectivity index (χ0v) is 20.9. The largest absolute Gasteiger partial charge is 0.292 e. The Morgan fingerprint density at radius 2 is 0.897 bits per heavy atom. The predicted octanol–water partition coefficient (Wildman–Crippen LogP) is 7.93. The van der Waals surface area contributed by atoms with Crippen molar-refractivity contribution in [2.24, 2.45) is 0 Å². The normalized spacial score (nSPS) is 11.6. The zero-order valence-electron chi connectivity index (χ0n) is 20.9. The smallest absolute Gasteiger partial charge is 0.164 e. The number of hydrogen-bond donors (Lipinski definition) is 0. The molecule has 0 fully saturated rings. The summed E-state index contributed by atoms with van der Waals surface area (Å²) in [4.78, 5) is 19.6. The Hall–Kier alpha value is -5.42. The average molecular weight is 500 g/mol. The Morgan fingerprint density at radius 1 is 0.385 bits per heavy atom. The second-order valence-electron chi connectivity index (χ2n) is 9.57. The van der Waals surface area contributed by atoms with E-state index in [2.05, 4.69) is 71.1 Å². The van der Waals surface area contributed by atoms with Gasteiger partial charge < -0.3 is 0 Å². The molecule has 0 unspecified atom stereocenters. The van der Waals surface area contributed by atoms with E-state index in [4.69, 9.17) is 19.9 Å². The number of imidazole rings is 1. The van der Waals surface area contributed by atoms with Gasteiger partial charge in [0.1, 0.15) is 5.65 Å². The Labute approximate surface area is 224 Å². The summed E-state index contributed by atoms with van der Waals surface area (Å²) in [6.45, 7) is 0. The summed E-state index contributed by atoms with van der Waals surface area (Å²) in [5, 5.41) is 2.45. The Morgan fingerprint density at radius 3 is 1.51 bits per heavy atom. The Kier molecular flexibility index (Phi) is 4.76. The molecule has 8 aromatic rings. The van der Waals surface area contributed by atoms with Gasteiger partial charge in [0, 0.05) is 33.0 Å². The minimum atomic E-state index is 0.640. The molecule has 0 spiro atoms. The lowest BCUT2D eigenvalue weighted by Gasteiger charge is -2.08. The molecule has 0 N–H and O–H groups in total. The first-order chi connectivity index (χ1) is 19.3. The van der Waals surface area contributed by atoms with Gasteiger partial charge in [-0.1, -0.05) is 115 Å². The minimum Gasteiger partial charge on any atom is -0.292 e. The van der Waals surface area contributed by atoms with Crippen molar-refractivity contribution in [1.82, 2.24) is 24.3 Å². The molecule has 0 atom stereocenters. The first-order valence-electron chi connectivity index (χ1n) is 12.9. The van der Waals surface area contributed by atoms with Crippen molar-refractivity contribution in [2.75, 3.05) is 0 Å². The van der Waals surface area contributed by atoms with E-state index in [1.165, 1.54) is 16.3 Å². The van der Waals surface area contributed by atoms with Gasteiger partial charge in [-0.15, -0.1) is 0 Å². The molecule has 8 rings (SSSR count). The van der Waals surface area contributed by atoms with Crippen molar-refractivity contribution in [2.45, 2.75) is 0 Å². The quantitative estimate of drug-likeness (QED) is 0.247. The maximum atomic E-state index is 5.03. The standard InChI is InChI=1S/C34H21N5/c1-3-10-23(11-4-1)32-36-33(24-12-5-2-6-13-24)38-34(37-32)25-20-18-22(19-21-25)30-31-27-15-8-7-14-26(27)28-16-9-17-29(35-30)39(28)31/h1-21H. The summed E-state index contributed by atoms with van der Waals surface area (Å²) in [7, 11) is 0. The first kappa shape index (κ1) is 21.6. The predicted molar refractivity (Wildman–Crippen MR) is 157 cm³/mol. The van der Waals surface area contributed by atoms with E-state index < -0.39 is 0 Å². The third-order valence-electron chi connectivity index (χ3n) is 7.22. The van der Waals surface area contributed by atoms with Crippen LogP contribution in [0.5, 0.6) is 0 Å². The number of fused-ring (bicyclic) bond motifs is 3. The Balaban J connectivity index is 1.27. The van der Waals surface area contributed by atoms with Crippen molar-refractivity contribution in [3.05, 3.63) is 127 Å². The average Bonchev–Trinajstić information content (AvgIpc) is 3.58. The second-order valence-corrected chi connectivity index (χ2v) is 9.57. The van der Waals surface area contributed by atoms with E-state index in [0.717, 1.165) is 39.1 Å². The molecule has 4 heterocycles. The molecule has 39 heavy (non-hydrogen) atoms. The van der Waals surface area contributed by atoms with Crippen LogP contribution in [0.1, 0.15) is 0 Å². The van der Waals surface area contributed by atoms with Gasteiger partial charge >= 0.3 is 0 Å². The fourth-order valence-corrected chi connectivity index (χ4v) is 5.38. The number of aromatic nitrogens is 5. The van der Waals surface area contributed by atoms with Crippen molar-refractivity contribution in [3.63, 3.8) is 0 Å². The second kappa shape index (κ2) is 8.57. The molecule has 182 valence electrons. The van der Waals surface area contributed by atoms with E-state index in [1.54, 1.807) is 0 Å². The molecule has 0 radical (unpaired) electrons. The lowest BCUT2D eigenvalue weighted by molar-refractivity contribution is 1.07. The fraction of sp³-hybridized carbons (Fsp3) is 0. The number of hydrogen-bond acceptors (Lipinski definition) is 4. The molecule has 0 aliphatic rings. The summed E-state index contributed by atoms with van der Waals surface area (Å²) in [5.74, 6) is 1.95. The van der Waals surface area contributed by atoms with E-state index >= 15 is 0 Å².